The van der Waals surface area contributed by atoms with Crippen LogP contribution in [-0.4, -0.2) is 37.0 Å². The molecule has 1 heterocycles. The van der Waals surface area contributed by atoms with Gasteiger partial charge in [0, 0.05) is 11.1 Å². The number of rotatable bonds is 3. The van der Waals surface area contributed by atoms with Crippen LogP contribution in [0.3, 0.4) is 0 Å². The first-order chi connectivity index (χ1) is 11.1. The van der Waals surface area contributed by atoms with Crippen LogP contribution >= 0.6 is 0 Å². The van der Waals surface area contributed by atoms with Crippen molar-refractivity contribution in [1.82, 2.24) is 4.90 Å². The van der Waals surface area contributed by atoms with Gasteiger partial charge in [-0.3, -0.25) is 4.79 Å². The second-order valence-corrected chi connectivity index (χ2v) is 6.22. The van der Waals surface area contributed by atoms with E-state index >= 15 is 0 Å². The highest BCUT2D eigenvalue weighted by Crippen LogP contribution is 2.08. The van der Waals surface area contributed by atoms with E-state index in [-0.39, 0.29) is 11.7 Å². The normalized spacial score (nSPS) is 15.7. The van der Waals surface area contributed by atoms with E-state index in [4.69, 9.17) is 0 Å². The summed E-state index contributed by atoms with van der Waals surface area (Å²) in [5.41, 5.74) is 3.05. The Hall–Kier alpha value is -2.20. The van der Waals surface area contributed by atoms with Crippen molar-refractivity contribution < 1.29 is 14.1 Å². The first-order valence-electron chi connectivity index (χ1n) is 8.06. The third-order valence-electron chi connectivity index (χ3n) is 4.37. The molecule has 0 spiro atoms. The number of aryl methyl sites for hydroxylation is 1. The molecule has 1 aliphatic heterocycles. The summed E-state index contributed by atoms with van der Waals surface area (Å²) in [5.74, 6) is -0.432. The van der Waals surface area contributed by atoms with Crippen LogP contribution in [0.5, 0.6) is 0 Å². The van der Waals surface area contributed by atoms with Gasteiger partial charge in [-0.1, -0.05) is 35.9 Å². The lowest BCUT2D eigenvalue weighted by molar-refractivity contribution is -0.917. The Bertz CT molecular complexity index is 693. The highest BCUT2D eigenvalue weighted by molar-refractivity contribution is 5.94. The predicted molar refractivity (Wildman–Crippen MR) is 87.9 cm³/mol. The van der Waals surface area contributed by atoms with Crippen molar-refractivity contribution in [3.63, 3.8) is 0 Å². The van der Waals surface area contributed by atoms with Crippen molar-refractivity contribution >= 4 is 5.91 Å². The minimum Gasteiger partial charge on any atom is -0.328 e. The van der Waals surface area contributed by atoms with Crippen molar-refractivity contribution in [2.24, 2.45) is 0 Å². The zero-order valence-corrected chi connectivity index (χ0v) is 13.4. The molecule has 3 nitrogen and oxygen atoms in total. The molecule has 2 aromatic carbocycles. The molecule has 0 bridgehead atoms. The maximum Gasteiger partial charge on any atom is 0.254 e. The zero-order chi connectivity index (χ0) is 16.2. The molecule has 0 radical (unpaired) electrons. The summed E-state index contributed by atoms with van der Waals surface area (Å²) in [5, 5.41) is 0. The van der Waals surface area contributed by atoms with Gasteiger partial charge in [0.15, 0.2) is 0 Å². The van der Waals surface area contributed by atoms with Crippen LogP contribution in [0.25, 0.3) is 0 Å². The highest BCUT2D eigenvalue weighted by atomic mass is 19.1. The Kier molecular flexibility index (Phi) is 4.72. The summed E-state index contributed by atoms with van der Waals surface area (Å²) >= 11 is 0. The van der Waals surface area contributed by atoms with Gasteiger partial charge in [0.05, 0.1) is 26.2 Å². The molecule has 1 N–H and O–H groups in total. The molecule has 1 saturated heterocycles. The van der Waals surface area contributed by atoms with Gasteiger partial charge in [0.2, 0.25) is 0 Å². The molecule has 23 heavy (non-hydrogen) atoms. The van der Waals surface area contributed by atoms with Gasteiger partial charge in [-0.15, -0.1) is 0 Å². The summed E-state index contributed by atoms with van der Waals surface area (Å²) in [7, 11) is 0. The lowest BCUT2D eigenvalue weighted by Gasteiger charge is -2.32. The summed E-state index contributed by atoms with van der Waals surface area (Å²) in [6.07, 6.45) is 0. The molecule has 0 aromatic heterocycles. The first-order valence-corrected chi connectivity index (χ1v) is 8.06. The quantitative estimate of drug-likeness (QED) is 0.916. The summed E-state index contributed by atoms with van der Waals surface area (Å²) < 4.78 is 13.3. The Morgan fingerprint density at radius 1 is 1.13 bits per heavy atom. The van der Waals surface area contributed by atoms with E-state index in [1.807, 2.05) is 4.90 Å². The number of hydrogen-bond donors (Lipinski definition) is 1. The Balaban J connectivity index is 1.57. The van der Waals surface area contributed by atoms with Gasteiger partial charge >= 0.3 is 0 Å². The highest BCUT2D eigenvalue weighted by Gasteiger charge is 2.24. The number of piperazine rings is 1. The largest absolute Gasteiger partial charge is 0.328 e. The first kappa shape index (κ1) is 15.7. The van der Waals surface area contributed by atoms with E-state index in [1.165, 1.54) is 28.2 Å². The standard InChI is InChI=1S/C19H21FN2O/c1-15-4-2-5-16(12-15)14-21-8-10-22(11-9-21)19(23)17-6-3-7-18(20)13-17/h2-7,12-13H,8-11,14H2,1H3/p+1. The van der Waals surface area contributed by atoms with E-state index in [0.717, 1.165) is 32.7 Å². The minimum absolute atomic E-state index is 0.0703. The smallest absolute Gasteiger partial charge is 0.254 e. The fourth-order valence-electron chi connectivity index (χ4n) is 3.12. The lowest BCUT2D eigenvalue weighted by atomic mass is 10.1. The van der Waals surface area contributed by atoms with Crippen LogP contribution in [0.4, 0.5) is 4.39 Å². The van der Waals surface area contributed by atoms with Crippen LogP contribution in [0, 0.1) is 12.7 Å². The molecule has 0 saturated carbocycles. The summed E-state index contributed by atoms with van der Waals surface area (Å²) in [6, 6.07) is 14.5. The maximum absolute atomic E-state index is 13.3. The number of benzene rings is 2. The number of halogens is 1. The number of nitrogens with zero attached hydrogens (tertiary/aromatic N) is 1. The molecule has 0 unspecified atom stereocenters. The lowest BCUT2D eigenvalue weighted by Crippen LogP contribution is -3.13. The summed E-state index contributed by atoms with van der Waals surface area (Å²) in [4.78, 5) is 15.7. The van der Waals surface area contributed by atoms with Gasteiger partial charge in [0.1, 0.15) is 12.4 Å². The molecule has 3 rings (SSSR count). The maximum atomic E-state index is 13.3. The zero-order valence-electron chi connectivity index (χ0n) is 13.4. The van der Waals surface area contributed by atoms with Crippen molar-refractivity contribution in [2.75, 3.05) is 26.2 Å². The van der Waals surface area contributed by atoms with Gasteiger partial charge < -0.3 is 9.80 Å². The van der Waals surface area contributed by atoms with Gasteiger partial charge in [-0.2, -0.15) is 0 Å². The molecule has 120 valence electrons. The number of carbonyl (C=O) groups excluding carboxylic acids is 1. The minimum atomic E-state index is -0.362. The average Bonchev–Trinajstić information content (AvgIpc) is 2.55. The van der Waals surface area contributed by atoms with Gasteiger partial charge in [-0.25, -0.2) is 4.39 Å². The van der Waals surface area contributed by atoms with Crippen LogP contribution in [0.15, 0.2) is 48.5 Å². The van der Waals surface area contributed by atoms with Crippen molar-refractivity contribution in [3.05, 3.63) is 71.0 Å². The van der Waals surface area contributed by atoms with E-state index in [9.17, 15) is 9.18 Å². The molecule has 1 fully saturated rings. The average molecular weight is 313 g/mol. The SMILES string of the molecule is Cc1cccc(C[NH+]2CCN(C(=O)c3cccc(F)c3)CC2)c1. The van der Waals surface area contributed by atoms with Gasteiger partial charge in [-0.05, 0) is 25.1 Å². The molecular weight excluding hydrogens is 291 g/mol. The second kappa shape index (κ2) is 6.92. The molecule has 4 heteroatoms. The number of nitrogens with one attached hydrogen (secondary N) is 1. The third kappa shape index (κ3) is 3.96. The van der Waals surface area contributed by atoms with E-state index in [2.05, 4.69) is 31.2 Å². The van der Waals surface area contributed by atoms with Gasteiger partial charge in [0.25, 0.3) is 5.91 Å². The fraction of sp³-hybridized carbons (Fsp3) is 0.316. The number of hydrogen-bond acceptors (Lipinski definition) is 1. The van der Waals surface area contributed by atoms with Crippen molar-refractivity contribution in [1.29, 1.82) is 0 Å². The Labute approximate surface area is 136 Å². The molecule has 2 aromatic rings. The molecule has 1 amide bonds. The fourth-order valence-corrected chi connectivity index (χ4v) is 3.12. The van der Waals surface area contributed by atoms with E-state index < -0.39 is 0 Å². The van der Waals surface area contributed by atoms with E-state index in [0.29, 0.717) is 5.56 Å². The van der Waals surface area contributed by atoms with Crippen LogP contribution in [0.1, 0.15) is 21.5 Å². The predicted octanol–water partition coefficient (Wildman–Crippen LogP) is 1.68. The van der Waals surface area contributed by atoms with Crippen LogP contribution in [0.2, 0.25) is 0 Å². The second-order valence-electron chi connectivity index (χ2n) is 6.22. The van der Waals surface area contributed by atoms with Crippen LogP contribution in [-0.2, 0) is 6.54 Å². The van der Waals surface area contributed by atoms with Crippen molar-refractivity contribution in [3.8, 4) is 0 Å². The van der Waals surface area contributed by atoms with Crippen molar-refractivity contribution in [2.45, 2.75) is 13.5 Å². The summed E-state index contributed by atoms with van der Waals surface area (Å²) in [6.45, 7) is 6.38. The Morgan fingerprint density at radius 3 is 2.57 bits per heavy atom. The monoisotopic (exact) mass is 313 g/mol. The number of quaternary nitrogens is 1. The number of carbonyl (C=O) groups is 1. The number of amides is 1. The Morgan fingerprint density at radius 2 is 1.87 bits per heavy atom. The third-order valence-corrected chi connectivity index (χ3v) is 4.37. The van der Waals surface area contributed by atoms with Crippen LogP contribution < -0.4 is 4.90 Å². The molecule has 0 aliphatic carbocycles. The van der Waals surface area contributed by atoms with E-state index in [1.54, 1.807) is 12.1 Å². The topological polar surface area (TPSA) is 24.8 Å². The molecular formula is C19H22FN2O+. The molecule has 0 atom stereocenters. The molecule has 1 aliphatic rings.